The molecule has 0 amide bonds. The van der Waals surface area contributed by atoms with Crippen molar-refractivity contribution in [1.29, 1.82) is 0 Å². The Hall–Kier alpha value is -1.13. The number of sulfonamides is 1. The predicted octanol–water partition coefficient (Wildman–Crippen LogP) is 2.38. The largest absolute Gasteiger partial charge is 0.240 e. The molecule has 1 aliphatic rings. The molecule has 0 spiro atoms. The Morgan fingerprint density at radius 1 is 1.18 bits per heavy atom. The SMILES string of the molecule is Cc1ccc(S(=O)(=O)N[C@@H]2CC=CCC2)cc1. The molecule has 0 saturated heterocycles. The van der Waals surface area contributed by atoms with Gasteiger partial charge in [-0.15, -0.1) is 0 Å². The summed E-state index contributed by atoms with van der Waals surface area (Å²) in [5, 5.41) is 0. The highest BCUT2D eigenvalue weighted by Gasteiger charge is 2.19. The summed E-state index contributed by atoms with van der Waals surface area (Å²) in [4.78, 5) is 0.345. The molecule has 0 unspecified atom stereocenters. The highest BCUT2D eigenvalue weighted by Crippen LogP contribution is 2.15. The van der Waals surface area contributed by atoms with Crippen molar-refractivity contribution in [2.24, 2.45) is 0 Å². The molecule has 1 N–H and O–H groups in total. The van der Waals surface area contributed by atoms with Crippen molar-refractivity contribution >= 4 is 10.0 Å². The first kappa shape index (κ1) is 12.3. The van der Waals surface area contributed by atoms with E-state index >= 15 is 0 Å². The number of allylic oxidation sites excluding steroid dienone is 1. The Morgan fingerprint density at radius 3 is 2.47 bits per heavy atom. The van der Waals surface area contributed by atoms with Gasteiger partial charge in [0.15, 0.2) is 0 Å². The standard InChI is InChI=1S/C13H17NO2S/c1-11-7-9-13(10-8-11)17(15,16)14-12-5-3-2-4-6-12/h2-3,7-10,12,14H,4-6H2,1H3/t12-/m1/s1. The van der Waals surface area contributed by atoms with Crippen molar-refractivity contribution in [2.75, 3.05) is 0 Å². The zero-order chi connectivity index (χ0) is 12.3. The van der Waals surface area contributed by atoms with Crippen LogP contribution in [0.5, 0.6) is 0 Å². The van der Waals surface area contributed by atoms with Crippen LogP contribution in [-0.2, 0) is 10.0 Å². The predicted molar refractivity (Wildman–Crippen MR) is 68.3 cm³/mol. The van der Waals surface area contributed by atoms with E-state index in [2.05, 4.69) is 10.8 Å². The zero-order valence-corrected chi connectivity index (χ0v) is 10.7. The fourth-order valence-corrected chi connectivity index (χ4v) is 3.19. The molecule has 1 aromatic rings. The molecule has 92 valence electrons. The van der Waals surface area contributed by atoms with Gasteiger partial charge in [-0.2, -0.15) is 0 Å². The summed E-state index contributed by atoms with van der Waals surface area (Å²) in [5.74, 6) is 0. The average Bonchev–Trinajstić information content (AvgIpc) is 2.30. The van der Waals surface area contributed by atoms with Gasteiger partial charge < -0.3 is 0 Å². The molecule has 0 fully saturated rings. The Balaban J connectivity index is 2.13. The lowest BCUT2D eigenvalue weighted by Gasteiger charge is -2.19. The normalized spacial score (nSPS) is 20.4. The maximum atomic E-state index is 12.1. The number of rotatable bonds is 3. The van der Waals surface area contributed by atoms with Gasteiger partial charge in [0, 0.05) is 6.04 Å². The number of benzene rings is 1. The molecule has 1 aromatic carbocycles. The van der Waals surface area contributed by atoms with Crippen LogP contribution in [-0.4, -0.2) is 14.5 Å². The first-order chi connectivity index (χ1) is 8.08. The summed E-state index contributed by atoms with van der Waals surface area (Å²) in [6.07, 6.45) is 6.73. The molecule has 3 nitrogen and oxygen atoms in total. The van der Waals surface area contributed by atoms with Crippen molar-refractivity contribution in [2.45, 2.75) is 37.1 Å². The highest BCUT2D eigenvalue weighted by molar-refractivity contribution is 7.89. The zero-order valence-electron chi connectivity index (χ0n) is 9.89. The van der Waals surface area contributed by atoms with Gasteiger partial charge in [0.2, 0.25) is 10.0 Å². The second kappa shape index (κ2) is 5.02. The summed E-state index contributed by atoms with van der Waals surface area (Å²) in [6.45, 7) is 1.94. The van der Waals surface area contributed by atoms with Crippen LogP contribution in [0.3, 0.4) is 0 Å². The number of aryl methyl sites for hydroxylation is 1. The third kappa shape index (κ3) is 3.17. The van der Waals surface area contributed by atoms with Gasteiger partial charge in [-0.1, -0.05) is 29.8 Å². The Kier molecular flexibility index (Phi) is 3.64. The van der Waals surface area contributed by atoms with Gasteiger partial charge in [-0.05, 0) is 38.3 Å². The number of nitrogens with one attached hydrogen (secondary N) is 1. The summed E-state index contributed by atoms with van der Waals surface area (Å²) in [5.41, 5.74) is 1.06. The molecule has 1 aliphatic carbocycles. The molecule has 0 saturated carbocycles. The van der Waals surface area contributed by atoms with Crippen LogP contribution in [0.2, 0.25) is 0 Å². The first-order valence-electron chi connectivity index (χ1n) is 5.82. The molecule has 1 atom stereocenters. The van der Waals surface area contributed by atoms with Crippen LogP contribution < -0.4 is 4.72 Å². The topological polar surface area (TPSA) is 46.2 Å². The van der Waals surface area contributed by atoms with E-state index in [9.17, 15) is 8.42 Å². The summed E-state index contributed by atoms with van der Waals surface area (Å²) in [7, 11) is -3.36. The maximum absolute atomic E-state index is 12.1. The van der Waals surface area contributed by atoms with E-state index in [0.717, 1.165) is 24.8 Å². The Bertz CT molecular complexity index is 503. The lowest BCUT2D eigenvalue weighted by molar-refractivity contribution is 0.522. The Morgan fingerprint density at radius 2 is 1.88 bits per heavy atom. The molecule has 17 heavy (non-hydrogen) atoms. The van der Waals surface area contributed by atoms with Crippen LogP contribution in [0.15, 0.2) is 41.3 Å². The van der Waals surface area contributed by atoms with Gasteiger partial charge >= 0.3 is 0 Å². The van der Waals surface area contributed by atoms with Crippen molar-refractivity contribution in [1.82, 2.24) is 4.72 Å². The highest BCUT2D eigenvalue weighted by atomic mass is 32.2. The third-order valence-corrected chi connectivity index (χ3v) is 4.46. The van der Waals surface area contributed by atoms with Crippen LogP contribution >= 0.6 is 0 Å². The smallest absolute Gasteiger partial charge is 0.208 e. The lowest BCUT2D eigenvalue weighted by Crippen LogP contribution is -2.35. The van der Waals surface area contributed by atoms with E-state index in [1.54, 1.807) is 12.1 Å². The average molecular weight is 251 g/mol. The van der Waals surface area contributed by atoms with Crippen LogP contribution in [0.1, 0.15) is 24.8 Å². The van der Waals surface area contributed by atoms with E-state index in [1.807, 2.05) is 25.1 Å². The monoisotopic (exact) mass is 251 g/mol. The van der Waals surface area contributed by atoms with Gasteiger partial charge in [0.1, 0.15) is 0 Å². The molecule has 0 bridgehead atoms. The first-order valence-corrected chi connectivity index (χ1v) is 7.30. The second-order valence-electron chi connectivity index (χ2n) is 4.42. The maximum Gasteiger partial charge on any atom is 0.240 e. The van der Waals surface area contributed by atoms with Crippen LogP contribution in [0.25, 0.3) is 0 Å². The Labute approximate surface area is 103 Å². The minimum absolute atomic E-state index is 0.0336. The molecule has 0 radical (unpaired) electrons. The van der Waals surface area contributed by atoms with Crippen LogP contribution in [0.4, 0.5) is 0 Å². The van der Waals surface area contributed by atoms with E-state index in [-0.39, 0.29) is 6.04 Å². The summed E-state index contributed by atoms with van der Waals surface area (Å²) >= 11 is 0. The fourth-order valence-electron chi connectivity index (χ4n) is 1.91. The van der Waals surface area contributed by atoms with Crippen molar-refractivity contribution < 1.29 is 8.42 Å². The molecule has 0 aliphatic heterocycles. The molecule has 0 aromatic heterocycles. The quantitative estimate of drug-likeness (QED) is 0.838. The lowest BCUT2D eigenvalue weighted by atomic mass is 10.0. The van der Waals surface area contributed by atoms with Crippen LogP contribution in [0, 0.1) is 6.92 Å². The third-order valence-electron chi connectivity index (χ3n) is 2.92. The molecule has 0 heterocycles. The number of hydrogen-bond donors (Lipinski definition) is 1. The van der Waals surface area contributed by atoms with Gasteiger partial charge in [-0.25, -0.2) is 13.1 Å². The molecule has 4 heteroatoms. The second-order valence-corrected chi connectivity index (χ2v) is 6.13. The van der Waals surface area contributed by atoms with E-state index in [4.69, 9.17) is 0 Å². The summed E-state index contributed by atoms with van der Waals surface area (Å²) in [6, 6.07) is 6.96. The fraction of sp³-hybridized carbons (Fsp3) is 0.385. The van der Waals surface area contributed by atoms with Crippen molar-refractivity contribution in [3.8, 4) is 0 Å². The van der Waals surface area contributed by atoms with E-state index in [0.29, 0.717) is 4.90 Å². The molecular weight excluding hydrogens is 234 g/mol. The molecular formula is C13H17NO2S. The van der Waals surface area contributed by atoms with E-state index < -0.39 is 10.0 Å². The molecule has 2 rings (SSSR count). The van der Waals surface area contributed by atoms with Gasteiger partial charge in [-0.3, -0.25) is 0 Å². The van der Waals surface area contributed by atoms with E-state index in [1.165, 1.54) is 0 Å². The summed E-state index contributed by atoms with van der Waals surface area (Å²) < 4.78 is 26.9. The minimum Gasteiger partial charge on any atom is -0.208 e. The minimum atomic E-state index is -3.36. The van der Waals surface area contributed by atoms with Crippen molar-refractivity contribution in [3.63, 3.8) is 0 Å². The number of hydrogen-bond acceptors (Lipinski definition) is 2. The van der Waals surface area contributed by atoms with Gasteiger partial charge in [0.25, 0.3) is 0 Å². The van der Waals surface area contributed by atoms with Gasteiger partial charge in [0.05, 0.1) is 4.90 Å². The van der Waals surface area contributed by atoms with Crippen molar-refractivity contribution in [3.05, 3.63) is 42.0 Å².